The minimum atomic E-state index is 1.23. The molecule has 0 fully saturated rings. The van der Waals surface area contributed by atoms with E-state index >= 15 is 0 Å². The van der Waals surface area contributed by atoms with Crippen LogP contribution >= 0.6 is 0 Å². The molecule has 66 valence electrons. The van der Waals surface area contributed by atoms with Crippen LogP contribution in [0.25, 0.3) is 0 Å². The summed E-state index contributed by atoms with van der Waals surface area (Å²) in [6.07, 6.45) is 15.8. The first kappa shape index (κ1) is 7.37. The molecule has 0 nitrogen and oxygen atoms in total. The fourth-order valence-corrected chi connectivity index (χ4v) is 2.56. The summed E-state index contributed by atoms with van der Waals surface area (Å²) >= 11 is 0. The van der Waals surface area contributed by atoms with Crippen molar-refractivity contribution in [3.63, 3.8) is 0 Å². The molecule has 0 bridgehead atoms. The predicted octanol–water partition coefficient (Wildman–Crippen LogP) is 3.68. The van der Waals surface area contributed by atoms with Gasteiger partial charge in [-0.1, -0.05) is 29.9 Å². The largest absolute Gasteiger partial charge is 0.0626 e. The summed E-state index contributed by atoms with van der Waals surface area (Å²) in [6.45, 7) is 0. The highest BCUT2D eigenvalue weighted by atomic mass is 14.2. The number of fused-ring (bicyclic) bond motifs is 1. The summed E-state index contributed by atoms with van der Waals surface area (Å²) in [5, 5.41) is 0. The van der Waals surface area contributed by atoms with E-state index in [1.165, 1.54) is 37.7 Å². The number of allylic oxidation sites excluding steroid dienone is 8. The monoisotopic (exact) mass is 170 g/mol. The maximum atomic E-state index is 2.41. The van der Waals surface area contributed by atoms with Gasteiger partial charge < -0.3 is 0 Å². The first-order chi connectivity index (χ1) is 6.43. The molecule has 0 unspecified atom stereocenters. The van der Waals surface area contributed by atoms with Gasteiger partial charge in [-0.15, -0.1) is 0 Å². The third-order valence-corrected chi connectivity index (χ3v) is 3.31. The lowest BCUT2D eigenvalue weighted by Crippen LogP contribution is -2.04. The molecule has 0 aromatic carbocycles. The van der Waals surface area contributed by atoms with E-state index in [-0.39, 0.29) is 0 Å². The molecular weight excluding hydrogens is 156 g/mol. The highest BCUT2D eigenvalue weighted by Gasteiger charge is 2.19. The minimum absolute atomic E-state index is 1.23. The van der Waals surface area contributed by atoms with Crippen molar-refractivity contribution in [3.05, 3.63) is 46.6 Å². The Balaban J connectivity index is 2.03. The van der Waals surface area contributed by atoms with Gasteiger partial charge in [-0.2, -0.15) is 0 Å². The number of hydrogen-bond acceptors (Lipinski definition) is 0. The third kappa shape index (κ3) is 1.13. The zero-order valence-electron chi connectivity index (χ0n) is 7.84. The van der Waals surface area contributed by atoms with Crippen molar-refractivity contribution in [2.24, 2.45) is 0 Å². The molecule has 13 heavy (non-hydrogen) atoms. The van der Waals surface area contributed by atoms with E-state index in [2.05, 4.69) is 24.3 Å². The lowest BCUT2D eigenvalue weighted by Gasteiger charge is -2.23. The van der Waals surface area contributed by atoms with Crippen molar-refractivity contribution in [1.82, 2.24) is 0 Å². The van der Waals surface area contributed by atoms with Gasteiger partial charge in [-0.05, 0) is 48.8 Å². The molecule has 0 heterocycles. The van der Waals surface area contributed by atoms with E-state index in [1.807, 2.05) is 0 Å². The summed E-state index contributed by atoms with van der Waals surface area (Å²) in [4.78, 5) is 0. The van der Waals surface area contributed by atoms with E-state index in [0.29, 0.717) is 0 Å². The maximum absolute atomic E-state index is 2.41. The van der Waals surface area contributed by atoms with Crippen molar-refractivity contribution in [1.29, 1.82) is 0 Å². The third-order valence-electron chi connectivity index (χ3n) is 3.31. The average Bonchev–Trinajstić information content (AvgIpc) is 2.61. The highest BCUT2D eigenvalue weighted by molar-refractivity contribution is 5.57. The quantitative estimate of drug-likeness (QED) is 0.520. The van der Waals surface area contributed by atoms with Crippen LogP contribution in [0.5, 0.6) is 0 Å². The highest BCUT2D eigenvalue weighted by Crippen LogP contribution is 2.38. The molecule has 3 aliphatic rings. The molecule has 3 rings (SSSR count). The Morgan fingerprint density at radius 3 is 3.00 bits per heavy atom. The zero-order chi connectivity index (χ0) is 8.67. The van der Waals surface area contributed by atoms with Crippen LogP contribution < -0.4 is 0 Å². The molecule has 0 aromatic heterocycles. The molecule has 0 saturated carbocycles. The topological polar surface area (TPSA) is 0 Å². The molecule has 0 saturated heterocycles. The second kappa shape index (κ2) is 2.73. The Hall–Kier alpha value is -1.04. The first-order valence-electron chi connectivity index (χ1n) is 5.24. The van der Waals surface area contributed by atoms with Gasteiger partial charge in [0.25, 0.3) is 0 Å². The Morgan fingerprint density at radius 1 is 1.08 bits per heavy atom. The Kier molecular flexibility index (Phi) is 1.55. The molecule has 0 aromatic rings. The Bertz CT molecular complexity index is 361. The zero-order valence-corrected chi connectivity index (χ0v) is 7.84. The smallest absolute Gasteiger partial charge is 0.00553 e. The molecule has 0 aliphatic heterocycles. The molecule has 0 amide bonds. The number of rotatable bonds is 0. The second-order valence-corrected chi connectivity index (χ2v) is 4.16. The van der Waals surface area contributed by atoms with E-state index in [4.69, 9.17) is 0 Å². The summed E-state index contributed by atoms with van der Waals surface area (Å²) in [6, 6.07) is 0. The summed E-state index contributed by atoms with van der Waals surface area (Å²) in [5.41, 5.74) is 6.37. The molecule has 0 spiro atoms. The van der Waals surface area contributed by atoms with Gasteiger partial charge in [0.05, 0.1) is 0 Å². The lowest BCUT2D eigenvalue weighted by molar-refractivity contribution is 0.665. The fourth-order valence-electron chi connectivity index (χ4n) is 2.56. The molecular formula is C13H14. The SMILES string of the molecule is C1=CC2=CC3=C(CCCC3)CC2=C1. The molecule has 0 N–H and O–H groups in total. The van der Waals surface area contributed by atoms with Crippen molar-refractivity contribution in [2.45, 2.75) is 32.1 Å². The van der Waals surface area contributed by atoms with Crippen LogP contribution in [0.15, 0.2) is 46.6 Å². The van der Waals surface area contributed by atoms with Crippen LogP contribution in [-0.2, 0) is 0 Å². The number of hydrogen-bond donors (Lipinski definition) is 0. The normalized spacial score (nSPS) is 25.2. The average molecular weight is 170 g/mol. The standard InChI is InChI=1S/C13H14/c1-2-5-11-9-13-7-3-6-12(13)8-10(11)4-1/h3,6-8H,1-2,4-5,9H2. The molecule has 0 heteroatoms. The summed E-state index contributed by atoms with van der Waals surface area (Å²) < 4.78 is 0. The first-order valence-corrected chi connectivity index (χ1v) is 5.24. The van der Waals surface area contributed by atoms with Gasteiger partial charge in [0.15, 0.2) is 0 Å². The maximum Gasteiger partial charge on any atom is -0.00553 e. The van der Waals surface area contributed by atoms with Crippen LogP contribution in [0.4, 0.5) is 0 Å². The van der Waals surface area contributed by atoms with E-state index in [9.17, 15) is 0 Å². The van der Waals surface area contributed by atoms with Crippen molar-refractivity contribution >= 4 is 0 Å². The van der Waals surface area contributed by atoms with Crippen LogP contribution in [0, 0.1) is 0 Å². The van der Waals surface area contributed by atoms with Crippen LogP contribution in [-0.4, -0.2) is 0 Å². The van der Waals surface area contributed by atoms with E-state index < -0.39 is 0 Å². The predicted molar refractivity (Wildman–Crippen MR) is 55.4 cm³/mol. The summed E-state index contributed by atoms with van der Waals surface area (Å²) in [5.74, 6) is 0. The van der Waals surface area contributed by atoms with Crippen molar-refractivity contribution in [3.8, 4) is 0 Å². The van der Waals surface area contributed by atoms with E-state index in [0.717, 1.165) is 0 Å². The van der Waals surface area contributed by atoms with Gasteiger partial charge in [-0.25, -0.2) is 0 Å². The van der Waals surface area contributed by atoms with Crippen LogP contribution in [0.2, 0.25) is 0 Å². The van der Waals surface area contributed by atoms with Gasteiger partial charge in [-0.3, -0.25) is 0 Å². The van der Waals surface area contributed by atoms with Gasteiger partial charge in [0, 0.05) is 0 Å². The molecule has 3 aliphatic carbocycles. The van der Waals surface area contributed by atoms with Crippen molar-refractivity contribution < 1.29 is 0 Å². The summed E-state index contributed by atoms with van der Waals surface area (Å²) in [7, 11) is 0. The van der Waals surface area contributed by atoms with Gasteiger partial charge >= 0.3 is 0 Å². The molecule has 0 radical (unpaired) electrons. The lowest BCUT2D eigenvalue weighted by atomic mass is 9.82. The fraction of sp³-hybridized carbons (Fsp3) is 0.385. The van der Waals surface area contributed by atoms with E-state index in [1.54, 1.807) is 16.7 Å². The van der Waals surface area contributed by atoms with Crippen LogP contribution in [0.1, 0.15) is 32.1 Å². The second-order valence-electron chi connectivity index (χ2n) is 4.16. The van der Waals surface area contributed by atoms with Crippen molar-refractivity contribution in [2.75, 3.05) is 0 Å². The molecule has 0 atom stereocenters. The van der Waals surface area contributed by atoms with Gasteiger partial charge in [0.2, 0.25) is 0 Å². The van der Waals surface area contributed by atoms with Crippen LogP contribution in [0.3, 0.4) is 0 Å². The Morgan fingerprint density at radius 2 is 2.00 bits per heavy atom. The Labute approximate surface area is 79.3 Å². The minimum Gasteiger partial charge on any atom is -0.0626 e. The van der Waals surface area contributed by atoms with Gasteiger partial charge in [0.1, 0.15) is 0 Å².